The molecule has 0 bridgehead atoms. The number of rotatable bonds is 3. The average Bonchev–Trinajstić information content (AvgIpc) is 2.59. The van der Waals surface area contributed by atoms with Crippen molar-refractivity contribution in [2.24, 2.45) is 0 Å². The lowest BCUT2D eigenvalue weighted by molar-refractivity contribution is -0.137. The zero-order chi connectivity index (χ0) is 10.8. The molecule has 7 nitrogen and oxygen atoms in total. The van der Waals surface area contributed by atoms with Gasteiger partial charge in [0.25, 0.3) is 0 Å². The summed E-state index contributed by atoms with van der Waals surface area (Å²) >= 11 is 0. The van der Waals surface area contributed by atoms with Crippen LogP contribution in [0, 0.1) is 0 Å². The van der Waals surface area contributed by atoms with Crippen LogP contribution in [0.25, 0.3) is 11.0 Å². The highest BCUT2D eigenvalue weighted by Crippen LogP contribution is 2.15. The lowest BCUT2D eigenvalue weighted by atomic mass is 10.4. The number of nitrogens with zero attached hydrogens (tertiary/aromatic N) is 4. The third-order valence-corrected chi connectivity index (χ3v) is 2.00. The minimum Gasteiger partial charge on any atom is -0.481 e. The Morgan fingerprint density at radius 2 is 2.33 bits per heavy atom. The van der Waals surface area contributed by atoms with Crippen LogP contribution < -0.4 is 5.73 Å². The Kier molecular flexibility index (Phi) is 2.20. The van der Waals surface area contributed by atoms with Gasteiger partial charge in [0, 0.05) is 0 Å². The molecule has 0 aliphatic heterocycles. The van der Waals surface area contributed by atoms with Gasteiger partial charge in [0.05, 0.1) is 24.5 Å². The van der Waals surface area contributed by atoms with E-state index in [4.69, 9.17) is 10.8 Å². The second kappa shape index (κ2) is 3.52. The van der Waals surface area contributed by atoms with E-state index in [0.717, 1.165) is 0 Å². The number of nitrogens with two attached hydrogens (primary N) is 1. The maximum absolute atomic E-state index is 10.4. The summed E-state index contributed by atoms with van der Waals surface area (Å²) in [6, 6.07) is 0. The fourth-order valence-electron chi connectivity index (χ4n) is 1.28. The number of aromatic nitrogens is 4. The summed E-state index contributed by atoms with van der Waals surface area (Å²) in [4.78, 5) is 18.2. The Morgan fingerprint density at radius 1 is 1.53 bits per heavy atom. The largest absolute Gasteiger partial charge is 0.481 e. The minimum atomic E-state index is -0.874. The van der Waals surface area contributed by atoms with Crippen LogP contribution in [0.3, 0.4) is 0 Å². The Morgan fingerprint density at radius 3 is 3.07 bits per heavy atom. The molecule has 7 heteroatoms. The first-order valence-electron chi connectivity index (χ1n) is 4.32. The second-order valence-corrected chi connectivity index (χ2v) is 3.01. The number of aliphatic carboxylic acids is 1. The van der Waals surface area contributed by atoms with Crippen molar-refractivity contribution in [3.05, 3.63) is 12.5 Å². The van der Waals surface area contributed by atoms with Crippen molar-refractivity contribution in [2.45, 2.75) is 13.0 Å². The predicted molar refractivity (Wildman–Crippen MR) is 52.0 cm³/mol. The molecule has 15 heavy (non-hydrogen) atoms. The number of fused-ring (bicyclic) bond motifs is 1. The lowest BCUT2D eigenvalue weighted by Crippen LogP contribution is -2.06. The van der Waals surface area contributed by atoms with E-state index in [1.54, 1.807) is 0 Å². The van der Waals surface area contributed by atoms with Gasteiger partial charge in [0.1, 0.15) is 12.1 Å². The number of carbonyl (C=O) groups is 1. The molecule has 3 N–H and O–H groups in total. The van der Waals surface area contributed by atoms with Gasteiger partial charge in [-0.25, -0.2) is 14.6 Å². The first kappa shape index (κ1) is 9.38. The van der Waals surface area contributed by atoms with Gasteiger partial charge in [0.2, 0.25) is 0 Å². The molecule has 78 valence electrons. The third kappa shape index (κ3) is 1.71. The van der Waals surface area contributed by atoms with E-state index in [0.29, 0.717) is 16.9 Å². The molecule has 0 spiro atoms. The van der Waals surface area contributed by atoms with Gasteiger partial charge in [-0.05, 0) is 0 Å². The van der Waals surface area contributed by atoms with Gasteiger partial charge in [-0.2, -0.15) is 5.10 Å². The van der Waals surface area contributed by atoms with E-state index >= 15 is 0 Å². The Hall–Kier alpha value is -2.18. The number of hydrogen-bond acceptors (Lipinski definition) is 5. The Labute approximate surface area is 84.6 Å². The van der Waals surface area contributed by atoms with Crippen molar-refractivity contribution >= 4 is 22.8 Å². The number of nitrogen functional groups attached to an aromatic ring is 1. The van der Waals surface area contributed by atoms with E-state index < -0.39 is 5.97 Å². The first-order chi connectivity index (χ1) is 7.18. The first-order valence-corrected chi connectivity index (χ1v) is 4.32. The molecule has 0 saturated heterocycles. The number of aryl methyl sites for hydroxylation is 1. The topological polar surface area (TPSA) is 107 Å². The summed E-state index contributed by atoms with van der Waals surface area (Å²) in [6.07, 6.45) is 2.86. The molecule has 0 radical (unpaired) electrons. The van der Waals surface area contributed by atoms with E-state index in [2.05, 4.69) is 15.1 Å². The zero-order valence-corrected chi connectivity index (χ0v) is 7.79. The van der Waals surface area contributed by atoms with E-state index in [-0.39, 0.29) is 13.0 Å². The van der Waals surface area contributed by atoms with E-state index in [1.165, 1.54) is 17.2 Å². The fourth-order valence-corrected chi connectivity index (χ4v) is 1.28. The van der Waals surface area contributed by atoms with Crippen LogP contribution in [-0.2, 0) is 11.3 Å². The molecule has 2 heterocycles. The highest BCUT2D eigenvalue weighted by Gasteiger charge is 2.08. The van der Waals surface area contributed by atoms with Gasteiger partial charge in [-0.3, -0.25) is 4.79 Å². The summed E-state index contributed by atoms with van der Waals surface area (Å²) in [5.74, 6) is -0.526. The molecule has 2 rings (SSSR count). The fraction of sp³-hybridized carbons (Fsp3) is 0.250. The molecule has 0 aliphatic rings. The van der Waals surface area contributed by atoms with Gasteiger partial charge in [0.15, 0.2) is 5.65 Å². The highest BCUT2D eigenvalue weighted by molar-refractivity contribution is 5.84. The molecule has 0 amide bonds. The van der Waals surface area contributed by atoms with Crippen molar-refractivity contribution in [3.8, 4) is 0 Å². The van der Waals surface area contributed by atoms with E-state index in [9.17, 15) is 4.79 Å². The Balaban J connectivity index is 2.37. The SMILES string of the molecule is Nc1ncnc2c1cnn2CCC(=O)O. The van der Waals surface area contributed by atoms with Gasteiger partial charge in [-0.15, -0.1) is 0 Å². The maximum atomic E-state index is 10.4. The van der Waals surface area contributed by atoms with Crippen LogP contribution in [0.15, 0.2) is 12.5 Å². The number of carboxylic acid groups (broad SMARTS) is 1. The van der Waals surface area contributed by atoms with Gasteiger partial charge in [-0.1, -0.05) is 0 Å². The standard InChI is InChI=1S/C8H9N5O2/c9-7-5-3-12-13(2-1-6(14)15)8(5)11-4-10-7/h3-4H,1-2H2,(H,14,15)(H2,9,10,11). The summed E-state index contributed by atoms with van der Waals surface area (Å²) in [6.45, 7) is 0.273. The molecule has 0 fully saturated rings. The minimum absolute atomic E-state index is 0.000682. The average molecular weight is 207 g/mol. The quantitative estimate of drug-likeness (QED) is 0.726. The summed E-state index contributed by atoms with van der Waals surface area (Å²) in [5.41, 5.74) is 6.16. The van der Waals surface area contributed by atoms with Crippen LogP contribution in [0.2, 0.25) is 0 Å². The van der Waals surface area contributed by atoms with Crippen LogP contribution in [0.5, 0.6) is 0 Å². The monoisotopic (exact) mass is 207 g/mol. The molecule has 0 aromatic carbocycles. The smallest absolute Gasteiger partial charge is 0.305 e. The van der Waals surface area contributed by atoms with Crippen molar-refractivity contribution in [3.63, 3.8) is 0 Å². The maximum Gasteiger partial charge on any atom is 0.305 e. The van der Waals surface area contributed by atoms with Crippen LogP contribution in [0.1, 0.15) is 6.42 Å². The normalized spacial score (nSPS) is 10.7. The molecular weight excluding hydrogens is 198 g/mol. The van der Waals surface area contributed by atoms with Crippen LogP contribution in [-0.4, -0.2) is 30.8 Å². The van der Waals surface area contributed by atoms with Crippen molar-refractivity contribution in [2.75, 3.05) is 5.73 Å². The highest BCUT2D eigenvalue weighted by atomic mass is 16.4. The van der Waals surface area contributed by atoms with Crippen molar-refractivity contribution < 1.29 is 9.90 Å². The predicted octanol–water partition coefficient (Wildman–Crippen LogP) is -0.117. The van der Waals surface area contributed by atoms with Crippen molar-refractivity contribution in [1.82, 2.24) is 19.7 Å². The number of carboxylic acids is 1. The molecule has 2 aromatic heterocycles. The molecule has 0 atom stereocenters. The summed E-state index contributed by atoms with van der Waals surface area (Å²) in [5, 5.41) is 13.2. The molecule has 0 unspecified atom stereocenters. The van der Waals surface area contributed by atoms with Gasteiger partial charge >= 0.3 is 5.97 Å². The molecule has 2 aromatic rings. The third-order valence-electron chi connectivity index (χ3n) is 2.00. The van der Waals surface area contributed by atoms with Crippen molar-refractivity contribution in [1.29, 1.82) is 0 Å². The summed E-state index contributed by atoms with van der Waals surface area (Å²) < 4.78 is 1.50. The molecule has 0 saturated carbocycles. The second-order valence-electron chi connectivity index (χ2n) is 3.01. The number of anilines is 1. The molecular formula is C8H9N5O2. The molecule has 0 aliphatic carbocycles. The van der Waals surface area contributed by atoms with Gasteiger partial charge < -0.3 is 10.8 Å². The Bertz CT molecular complexity index is 507. The van der Waals surface area contributed by atoms with Crippen LogP contribution >= 0.6 is 0 Å². The number of hydrogen-bond donors (Lipinski definition) is 2. The lowest BCUT2D eigenvalue weighted by Gasteiger charge is -1.99. The summed E-state index contributed by atoms with van der Waals surface area (Å²) in [7, 11) is 0. The zero-order valence-electron chi connectivity index (χ0n) is 7.79. The van der Waals surface area contributed by atoms with E-state index in [1.807, 2.05) is 0 Å². The van der Waals surface area contributed by atoms with Crippen LogP contribution in [0.4, 0.5) is 5.82 Å².